The van der Waals surface area contributed by atoms with Crippen molar-refractivity contribution >= 4 is 5.96 Å². The number of hydrogen-bond acceptors (Lipinski definition) is 3. The number of hydrogen-bond donors (Lipinski definition) is 2. The maximum Gasteiger partial charge on any atom is 0.422 e. The zero-order chi connectivity index (χ0) is 18.1. The third kappa shape index (κ3) is 7.19. The van der Waals surface area contributed by atoms with Crippen LogP contribution in [0.15, 0.2) is 23.3 Å². The molecule has 0 aliphatic heterocycles. The van der Waals surface area contributed by atoms with Crippen LogP contribution >= 0.6 is 0 Å². The van der Waals surface area contributed by atoms with Gasteiger partial charge in [-0.15, -0.1) is 0 Å². The number of aliphatic imine (C=N–C) groups is 1. The monoisotopic (exact) mass is 358 g/mol. The Hall–Kier alpha value is -1.99. The molecule has 1 aromatic heterocycles. The minimum atomic E-state index is -4.39. The van der Waals surface area contributed by atoms with Crippen molar-refractivity contribution in [1.82, 2.24) is 15.6 Å². The van der Waals surface area contributed by atoms with Gasteiger partial charge in [-0.25, -0.2) is 9.98 Å². The zero-order valence-corrected chi connectivity index (χ0v) is 14.4. The number of aromatic nitrogens is 1. The molecule has 0 saturated heterocycles. The van der Waals surface area contributed by atoms with Crippen LogP contribution in [0.4, 0.5) is 13.2 Å². The molecule has 0 aromatic carbocycles. The molecule has 1 fully saturated rings. The maximum absolute atomic E-state index is 12.3. The molecular weight excluding hydrogens is 333 g/mol. The molecule has 1 aliphatic rings. The number of nitrogens with one attached hydrogen (secondary N) is 2. The standard InChI is InChI=1S/C17H25F3N4O/c1-2-21-16(24-14-8-4-3-5-9-14)23-11-13-7-6-10-22-15(13)25-12-17(18,19)20/h6-7,10,14H,2-5,8-9,11-12H2,1H3,(H2,21,23,24). The van der Waals surface area contributed by atoms with Crippen LogP contribution in [0.1, 0.15) is 44.6 Å². The summed E-state index contributed by atoms with van der Waals surface area (Å²) in [5.74, 6) is 0.636. The SMILES string of the molecule is CCNC(=NCc1cccnc1OCC(F)(F)F)NC1CCCCC1. The summed E-state index contributed by atoms with van der Waals surface area (Å²) >= 11 is 0. The van der Waals surface area contributed by atoms with Crippen LogP contribution in [0.5, 0.6) is 5.88 Å². The van der Waals surface area contributed by atoms with Gasteiger partial charge in [-0.05, 0) is 25.8 Å². The molecule has 2 N–H and O–H groups in total. The topological polar surface area (TPSA) is 58.5 Å². The van der Waals surface area contributed by atoms with Gasteiger partial charge in [0, 0.05) is 24.3 Å². The van der Waals surface area contributed by atoms with E-state index in [2.05, 4.69) is 20.6 Å². The Labute approximate surface area is 146 Å². The molecule has 0 spiro atoms. The molecule has 0 radical (unpaired) electrons. The highest BCUT2D eigenvalue weighted by Gasteiger charge is 2.29. The van der Waals surface area contributed by atoms with Gasteiger partial charge in [-0.3, -0.25) is 0 Å². The predicted molar refractivity (Wildman–Crippen MR) is 90.6 cm³/mol. The van der Waals surface area contributed by atoms with Crippen molar-refractivity contribution in [3.8, 4) is 5.88 Å². The highest BCUT2D eigenvalue weighted by atomic mass is 19.4. The number of pyridine rings is 1. The first-order valence-corrected chi connectivity index (χ1v) is 8.66. The Morgan fingerprint density at radius 2 is 2.08 bits per heavy atom. The molecule has 1 saturated carbocycles. The van der Waals surface area contributed by atoms with Gasteiger partial charge in [-0.2, -0.15) is 13.2 Å². The van der Waals surface area contributed by atoms with Crippen LogP contribution in [0.3, 0.4) is 0 Å². The summed E-state index contributed by atoms with van der Waals surface area (Å²) in [6.45, 7) is 1.52. The zero-order valence-electron chi connectivity index (χ0n) is 14.4. The average molecular weight is 358 g/mol. The molecule has 2 rings (SSSR count). The molecule has 0 atom stereocenters. The van der Waals surface area contributed by atoms with Crippen molar-refractivity contribution in [3.63, 3.8) is 0 Å². The Balaban J connectivity index is 2.01. The van der Waals surface area contributed by atoms with Crippen LogP contribution < -0.4 is 15.4 Å². The number of nitrogens with zero attached hydrogens (tertiary/aromatic N) is 2. The van der Waals surface area contributed by atoms with Gasteiger partial charge in [0.25, 0.3) is 0 Å². The van der Waals surface area contributed by atoms with Crippen molar-refractivity contribution in [1.29, 1.82) is 0 Å². The molecule has 0 amide bonds. The number of guanidine groups is 1. The predicted octanol–water partition coefficient (Wildman–Crippen LogP) is 3.41. The summed E-state index contributed by atoms with van der Waals surface area (Å²) in [5, 5.41) is 6.57. The minimum Gasteiger partial charge on any atom is -0.468 e. The second kappa shape index (κ2) is 9.48. The first-order valence-electron chi connectivity index (χ1n) is 8.66. The van der Waals surface area contributed by atoms with E-state index in [4.69, 9.17) is 4.74 Å². The summed E-state index contributed by atoms with van der Waals surface area (Å²) < 4.78 is 41.8. The van der Waals surface area contributed by atoms with Gasteiger partial charge in [-0.1, -0.05) is 25.3 Å². The lowest BCUT2D eigenvalue weighted by molar-refractivity contribution is -0.154. The number of alkyl halides is 3. The van der Waals surface area contributed by atoms with Gasteiger partial charge in [0.1, 0.15) is 0 Å². The van der Waals surface area contributed by atoms with E-state index < -0.39 is 12.8 Å². The van der Waals surface area contributed by atoms with E-state index >= 15 is 0 Å². The Morgan fingerprint density at radius 1 is 1.32 bits per heavy atom. The molecule has 8 heteroatoms. The van der Waals surface area contributed by atoms with Crippen LogP contribution in [-0.4, -0.2) is 36.3 Å². The third-order valence-electron chi connectivity index (χ3n) is 3.92. The van der Waals surface area contributed by atoms with E-state index in [0.29, 0.717) is 24.1 Å². The molecule has 25 heavy (non-hydrogen) atoms. The summed E-state index contributed by atoms with van der Waals surface area (Å²) in [6.07, 6.45) is 2.90. The van der Waals surface area contributed by atoms with Gasteiger partial charge < -0.3 is 15.4 Å². The van der Waals surface area contributed by atoms with Gasteiger partial charge in [0.15, 0.2) is 12.6 Å². The normalized spacial score (nSPS) is 16.6. The molecule has 1 aromatic rings. The van der Waals surface area contributed by atoms with E-state index in [-0.39, 0.29) is 12.4 Å². The fourth-order valence-electron chi connectivity index (χ4n) is 2.75. The second-order valence-corrected chi connectivity index (χ2v) is 6.05. The first kappa shape index (κ1) is 19.3. The third-order valence-corrected chi connectivity index (χ3v) is 3.92. The maximum atomic E-state index is 12.3. The van der Waals surface area contributed by atoms with E-state index in [9.17, 15) is 13.2 Å². The van der Waals surface area contributed by atoms with Gasteiger partial charge in [0.2, 0.25) is 5.88 Å². The molecular formula is C17H25F3N4O. The number of ether oxygens (including phenoxy) is 1. The Morgan fingerprint density at radius 3 is 2.76 bits per heavy atom. The van der Waals surface area contributed by atoms with Gasteiger partial charge >= 0.3 is 6.18 Å². The van der Waals surface area contributed by atoms with Crippen molar-refractivity contribution in [2.45, 2.75) is 57.8 Å². The summed E-state index contributed by atoms with van der Waals surface area (Å²) in [6, 6.07) is 3.72. The van der Waals surface area contributed by atoms with Crippen LogP contribution in [0.2, 0.25) is 0 Å². The lowest BCUT2D eigenvalue weighted by Crippen LogP contribution is -2.44. The van der Waals surface area contributed by atoms with E-state index in [1.165, 1.54) is 25.5 Å². The van der Waals surface area contributed by atoms with Crippen LogP contribution in [0.25, 0.3) is 0 Å². The number of rotatable bonds is 6. The van der Waals surface area contributed by atoms with Crippen molar-refractivity contribution in [3.05, 3.63) is 23.9 Å². The first-order chi connectivity index (χ1) is 12.0. The van der Waals surface area contributed by atoms with Crippen molar-refractivity contribution < 1.29 is 17.9 Å². The minimum absolute atomic E-state index is 0.0305. The fourth-order valence-corrected chi connectivity index (χ4v) is 2.75. The van der Waals surface area contributed by atoms with E-state index in [1.54, 1.807) is 12.1 Å². The smallest absolute Gasteiger partial charge is 0.422 e. The fraction of sp³-hybridized carbons (Fsp3) is 0.647. The van der Waals surface area contributed by atoms with Crippen molar-refractivity contribution in [2.75, 3.05) is 13.2 Å². The second-order valence-electron chi connectivity index (χ2n) is 6.05. The highest BCUT2D eigenvalue weighted by Crippen LogP contribution is 2.21. The van der Waals surface area contributed by atoms with Crippen molar-refractivity contribution in [2.24, 2.45) is 4.99 Å². The molecule has 140 valence electrons. The molecule has 5 nitrogen and oxygen atoms in total. The molecule has 1 heterocycles. The number of halogens is 3. The van der Waals surface area contributed by atoms with Crippen LogP contribution in [-0.2, 0) is 6.54 Å². The summed E-state index contributed by atoms with van der Waals surface area (Å²) in [4.78, 5) is 8.37. The highest BCUT2D eigenvalue weighted by molar-refractivity contribution is 5.80. The lowest BCUT2D eigenvalue weighted by Gasteiger charge is -2.24. The quantitative estimate of drug-likeness (QED) is 0.604. The summed E-state index contributed by atoms with van der Waals surface area (Å²) in [5.41, 5.74) is 0.521. The van der Waals surface area contributed by atoms with E-state index in [0.717, 1.165) is 12.8 Å². The van der Waals surface area contributed by atoms with Crippen LogP contribution in [0, 0.1) is 0 Å². The molecule has 1 aliphatic carbocycles. The molecule has 0 unspecified atom stereocenters. The Bertz CT molecular complexity index is 557. The lowest BCUT2D eigenvalue weighted by atomic mass is 9.96. The average Bonchev–Trinajstić information content (AvgIpc) is 2.59. The largest absolute Gasteiger partial charge is 0.468 e. The molecule has 0 bridgehead atoms. The Kier molecular flexibility index (Phi) is 7.33. The van der Waals surface area contributed by atoms with E-state index in [1.807, 2.05) is 6.92 Å². The summed E-state index contributed by atoms with van der Waals surface area (Å²) in [7, 11) is 0. The van der Waals surface area contributed by atoms with Gasteiger partial charge in [0.05, 0.1) is 6.54 Å².